The van der Waals surface area contributed by atoms with Gasteiger partial charge in [0.1, 0.15) is 0 Å². The van der Waals surface area contributed by atoms with Gasteiger partial charge in [-0.3, -0.25) is 0 Å². The average Bonchev–Trinajstić information content (AvgIpc) is 2.12. The zero-order valence-corrected chi connectivity index (χ0v) is 8.71. The monoisotopic (exact) mass is 232 g/mol. The summed E-state index contributed by atoms with van der Waals surface area (Å²) in [6.45, 7) is 1.41. The van der Waals surface area contributed by atoms with Crippen molar-refractivity contribution in [2.75, 3.05) is 5.88 Å². The molecule has 0 nitrogen and oxygen atoms in total. The Balaban J connectivity index is 3.09. The molecule has 4 heteroatoms. The van der Waals surface area contributed by atoms with Crippen LogP contribution in [0.25, 0.3) is 0 Å². The van der Waals surface area contributed by atoms with Crippen molar-refractivity contribution in [3.05, 3.63) is 34.9 Å². The van der Waals surface area contributed by atoms with Gasteiger partial charge in [0.05, 0.1) is 11.4 Å². The second kappa shape index (κ2) is 4.59. The van der Waals surface area contributed by atoms with Gasteiger partial charge in [-0.05, 0) is 30.7 Å². The second-order valence-electron chi connectivity index (χ2n) is 2.96. The molecule has 15 heavy (non-hydrogen) atoms. The quantitative estimate of drug-likeness (QED) is 0.474. The molecule has 0 bridgehead atoms. The van der Waals surface area contributed by atoms with Crippen molar-refractivity contribution in [3.8, 4) is 11.8 Å². The fourth-order valence-electron chi connectivity index (χ4n) is 1.19. The lowest BCUT2D eigenvalue weighted by atomic mass is 10.1. The minimum atomic E-state index is -4.30. The Morgan fingerprint density at radius 1 is 1.33 bits per heavy atom. The summed E-state index contributed by atoms with van der Waals surface area (Å²) in [4.78, 5) is 0. The molecule has 1 aromatic carbocycles. The molecule has 0 saturated heterocycles. The standard InChI is InChI=1S/C11H8ClF3/c1-8-7-9(3-2-6-12)4-5-10(8)11(13,14)15/h4-5,7H,6H2,1H3. The van der Waals surface area contributed by atoms with Crippen molar-refractivity contribution in [3.63, 3.8) is 0 Å². The highest BCUT2D eigenvalue weighted by Crippen LogP contribution is 2.31. The lowest BCUT2D eigenvalue weighted by Gasteiger charge is -2.09. The molecule has 0 saturated carbocycles. The van der Waals surface area contributed by atoms with Crippen molar-refractivity contribution in [2.24, 2.45) is 0 Å². The van der Waals surface area contributed by atoms with E-state index in [2.05, 4.69) is 11.8 Å². The summed E-state index contributed by atoms with van der Waals surface area (Å²) in [6.07, 6.45) is -4.30. The Morgan fingerprint density at radius 3 is 2.47 bits per heavy atom. The molecule has 0 atom stereocenters. The molecule has 0 spiro atoms. The van der Waals surface area contributed by atoms with E-state index in [1.807, 2.05) is 0 Å². The Kier molecular flexibility index (Phi) is 3.65. The Labute approximate surface area is 91.1 Å². The predicted octanol–water partition coefficient (Wildman–Crippen LogP) is 3.60. The highest BCUT2D eigenvalue weighted by molar-refractivity contribution is 6.19. The molecule has 0 aromatic heterocycles. The largest absolute Gasteiger partial charge is 0.416 e. The summed E-state index contributed by atoms with van der Waals surface area (Å²) >= 11 is 5.34. The van der Waals surface area contributed by atoms with Crippen LogP contribution < -0.4 is 0 Å². The molecule has 0 aliphatic heterocycles. The van der Waals surface area contributed by atoms with Crippen LogP contribution in [0.1, 0.15) is 16.7 Å². The maximum Gasteiger partial charge on any atom is 0.416 e. The number of hydrogen-bond donors (Lipinski definition) is 0. The van der Waals surface area contributed by atoms with Crippen LogP contribution in [0.2, 0.25) is 0 Å². The van der Waals surface area contributed by atoms with Crippen LogP contribution in [-0.2, 0) is 6.18 Å². The van der Waals surface area contributed by atoms with Crippen LogP contribution in [0, 0.1) is 18.8 Å². The topological polar surface area (TPSA) is 0 Å². The zero-order chi connectivity index (χ0) is 11.5. The fraction of sp³-hybridized carbons (Fsp3) is 0.273. The number of benzene rings is 1. The van der Waals surface area contributed by atoms with Crippen molar-refractivity contribution < 1.29 is 13.2 Å². The lowest BCUT2D eigenvalue weighted by molar-refractivity contribution is -0.138. The molecule has 0 N–H and O–H groups in total. The van der Waals surface area contributed by atoms with Crippen molar-refractivity contribution >= 4 is 11.6 Å². The predicted molar refractivity (Wildman–Crippen MR) is 53.8 cm³/mol. The van der Waals surface area contributed by atoms with Crippen molar-refractivity contribution in [1.29, 1.82) is 0 Å². The van der Waals surface area contributed by atoms with Gasteiger partial charge >= 0.3 is 6.18 Å². The molecule has 1 aromatic rings. The summed E-state index contributed by atoms with van der Waals surface area (Å²) in [5, 5.41) is 0. The second-order valence-corrected chi connectivity index (χ2v) is 3.23. The number of aryl methyl sites for hydroxylation is 1. The van der Waals surface area contributed by atoms with Gasteiger partial charge in [0, 0.05) is 5.56 Å². The third-order valence-electron chi connectivity index (χ3n) is 1.83. The van der Waals surface area contributed by atoms with E-state index in [9.17, 15) is 13.2 Å². The van der Waals surface area contributed by atoms with E-state index in [-0.39, 0.29) is 11.4 Å². The summed E-state index contributed by atoms with van der Waals surface area (Å²) in [7, 11) is 0. The van der Waals surface area contributed by atoms with Crippen LogP contribution in [0.15, 0.2) is 18.2 Å². The maximum atomic E-state index is 12.4. The molecule has 0 aliphatic carbocycles. The maximum absolute atomic E-state index is 12.4. The minimum absolute atomic E-state index is 0.167. The van der Waals surface area contributed by atoms with E-state index in [1.54, 1.807) is 0 Å². The Morgan fingerprint density at radius 2 is 2.00 bits per heavy atom. The van der Waals surface area contributed by atoms with Crippen LogP contribution in [0.3, 0.4) is 0 Å². The number of alkyl halides is 4. The van der Waals surface area contributed by atoms with Gasteiger partial charge < -0.3 is 0 Å². The lowest BCUT2D eigenvalue weighted by Crippen LogP contribution is -2.07. The molecule has 0 amide bonds. The third-order valence-corrected chi connectivity index (χ3v) is 1.96. The average molecular weight is 233 g/mol. The summed E-state index contributed by atoms with van der Waals surface area (Å²) in [6, 6.07) is 3.78. The molecule has 1 rings (SSSR count). The van der Waals surface area contributed by atoms with Gasteiger partial charge in [0.25, 0.3) is 0 Å². The van der Waals surface area contributed by atoms with Crippen LogP contribution in [0.5, 0.6) is 0 Å². The summed E-state index contributed by atoms with van der Waals surface area (Å²) in [5.41, 5.74) is 0.0870. The smallest absolute Gasteiger partial charge is 0.166 e. The normalized spacial score (nSPS) is 10.7. The summed E-state index contributed by atoms with van der Waals surface area (Å²) in [5.74, 6) is 5.42. The first-order valence-corrected chi connectivity index (χ1v) is 4.71. The van der Waals surface area contributed by atoms with Gasteiger partial charge in [-0.1, -0.05) is 11.8 Å². The van der Waals surface area contributed by atoms with E-state index in [0.29, 0.717) is 5.56 Å². The fourth-order valence-corrected chi connectivity index (χ4v) is 1.26. The minimum Gasteiger partial charge on any atom is -0.166 e. The summed E-state index contributed by atoms with van der Waals surface area (Å²) < 4.78 is 37.1. The first-order chi connectivity index (χ1) is 6.95. The number of halogens is 4. The van der Waals surface area contributed by atoms with Crippen LogP contribution >= 0.6 is 11.6 Å². The Hall–Kier alpha value is -1.14. The molecular formula is C11H8ClF3. The van der Waals surface area contributed by atoms with E-state index >= 15 is 0 Å². The number of hydrogen-bond acceptors (Lipinski definition) is 0. The SMILES string of the molecule is Cc1cc(C#CCCl)ccc1C(F)(F)F. The van der Waals surface area contributed by atoms with Gasteiger partial charge in [0.15, 0.2) is 0 Å². The van der Waals surface area contributed by atoms with Gasteiger partial charge in [-0.15, -0.1) is 11.6 Å². The van der Waals surface area contributed by atoms with E-state index in [1.165, 1.54) is 19.1 Å². The van der Waals surface area contributed by atoms with E-state index < -0.39 is 11.7 Å². The molecule has 0 aliphatic rings. The van der Waals surface area contributed by atoms with E-state index in [0.717, 1.165) is 6.07 Å². The van der Waals surface area contributed by atoms with Crippen LogP contribution in [0.4, 0.5) is 13.2 Å². The first-order valence-electron chi connectivity index (χ1n) is 4.18. The highest BCUT2D eigenvalue weighted by atomic mass is 35.5. The highest BCUT2D eigenvalue weighted by Gasteiger charge is 2.31. The van der Waals surface area contributed by atoms with Crippen molar-refractivity contribution in [2.45, 2.75) is 13.1 Å². The van der Waals surface area contributed by atoms with Crippen LogP contribution in [-0.4, -0.2) is 5.88 Å². The first kappa shape index (κ1) is 11.9. The zero-order valence-electron chi connectivity index (χ0n) is 7.95. The molecular weight excluding hydrogens is 225 g/mol. The molecule has 0 unspecified atom stereocenters. The molecule has 80 valence electrons. The third kappa shape index (κ3) is 3.17. The van der Waals surface area contributed by atoms with Gasteiger partial charge in [-0.25, -0.2) is 0 Å². The van der Waals surface area contributed by atoms with Gasteiger partial charge in [0.2, 0.25) is 0 Å². The van der Waals surface area contributed by atoms with E-state index in [4.69, 9.17) is 11.6 Å². The molecule has 0 heterocycles. The molecule has 0 fully saturated rings. The van der Waals surface area contributed by atoms with Crippen molar-refractivity contribution in [1.82, 2.24) is 0 Å². The number of rotatable bonds is 0. The van der Waals surface area contributed by atoms with Gasteiger partial charge in [-0.2, -0.15) is 13.2 Å². The Bertz CT molecular complexity index is 410. The molecule has 0 radical (unpaired) electrons.